The van der Waals surface area contributed by atoms with Gasteiger partial charge < -0.3 is 19.1 Å². The van der Waals surface area contributed by atoms with Crippen molar-refractivity contribution in [1.82, 2.24) is 10.1 Å². The van der Waals surface area contributed by atoms with Crippen LogP contribution < -0.4 is 9.47 Å². The number of hydrogen-bond acceptors (Lipinski definition) is 6. The summed E-state index contributed by atoms with van der Waals surface area (Å²) in [7, 11) is 0. The molecule has 0 bridgehead atoms. The second-order valence-corrected chi connectivity index (χ2v) is 7.69. The molecule has 0 unspecified atom stereocenters. The van der Waals surface area contributed by atoms with Gasteiger partial charge in [-0.25, -0.2) is 0 Å². The van der Waals surface area contributed by atoms with Crippen LogP contribution in [0.2, 0.25) is 0 Å². The maximum atomic E-state index is 9.55. The number of aromatic hydroxyl groups is 1. The Balaban J connectivity index is 1.39. The Hall–Kier alpha value is -2.99. The van der Waals surface area contributed by atoms with E-state index in [4.69, 9.17) is 14.0 Å². The molecule has 1 saturated heterocycles. The van der Waals surface area contributed by atoms with E-state index in [0.717, 1.165) is 48.0 Å². The zero-order valence-electron chi connectivity index (χ0n) is 16.2. The van der Waals surface area contributed by atoms with Gasteiger partial charge in [-0.2, -0.15) is 0 Å². The van der Waals surface area contributed by atoms with Crippen LogP contribution in [0.4, 0.5) is 0 Å². The van der Waals surface area contributed by atoms with E-state index >= 15 is 0 Å². The summed E-state index contributed by atoms with van der Waals surface area (Å²) < 4.78 is 16.6. The molecule has 3 aromatic rings. The highest BCUT2D eigenvalue weighted by Gasteiger charge is 2.26. The van der Waals surface area contributed by atoms with Gasteiger partial charge in [0.25, 0.3) is 0 Å². The number of fused-ring (bicyclic) bond motifs is 1. The molecule has 5 rings (SSSR count). The average Bonchev–Trinajstić information content (AvgIpc) is 3.35. The minimum atomic E-state index is 0.220. The number of nitrogens with zero attached hydrogens (tertiary/aromatic N) is 2. The number of hydrogen-bond donors (Lipinski definition) is 1. The minimum Gasteiger partial charge on any atom is -0.508 e. The van der Waals surface area contributed by atoms with Gasteiger partial charge in [0.1, 0.15) is 11.4 Å². The van der Waals surface area contributed by atoms with E-state index in [1.54, 1.807) is 12.1 Å². The molecule has 0 amide bonds. The molecule has 2 aliphatic heterocycles. The molecule has 0 aliphatic carbocycles. The van der Waals surface area contributed by atoms with Crippen molar-refractivity contribution < 1.29 is 19.1 Å². The molecule has 29 heavy (non-hydrogen) atoms. The summed E-state index contributed by atoms with van der Waals surface area (Å²) in [5.74, 6) is 2.54. The molecule has 1 fully saturated rings. The van der Waals surface area contributed by atoms with Crippen molar-refractivity contribution >= 4 is 0 Å². The first-order valence-electron chi connectivity index (χ1n) is 10.1. The van der Waals surface area contributed by atoms with Crippen molar-refractivity contribution in [3.8, 4) is 28.6 Å². The van der Waals surface area contributed by atoms with Crippen molar-refractivity contribution in [2.45, 2.75) is 38.3 Å². The molecule has 0 spiro atoms. The standard InChI is InChI=1S/C23H24N2O4/c26-18-8-5-16(6-9-18)14-25-11-3-1-2-4-20(25)19-13-22(29-24-19)17-7-10-21-23(12-17)28-15-27-21/h5-10,12-13,20,26H,1-4,11,14-15H2/t20-/m0/s1. The molecule has 0 radical (unpaired) electrons. The quantitative estimate of drug-likeness (QED) is 0.682. The molecule has 1 aromatic heterocycles. The molecular weight excluding hydrogens is 368 g/mol. The van der Waals surface area contributed by atoms with Crippen molar-refractivity contribution in [2.75, 3.05) is 13.3 Å². The molecule has 1 atom stereocenters. The fourth-order valence-corrected chi connectivity index (χ4v) is 4.16. The number of phenols is 1. The SMILES string of the molecule is Oc1ccc(CN2CCCCC[C@H]2c2cc(-c3ccc4c(c3)OCO4)on2)cc1. The van der Waals surface area contributed by atoms with Crippen LogP contribution in [-0.2, 0) is 6.54 Å². The zero-order valence-corrected chi connectivity index (χ0v) is 16.2. The van der Waals surface area contributed by atoms with E-state index in [1.165, 1.54) is 24.8 Å². The molecule has 150 valence electrons. The van der Waals surface area contributed by atoms with Gasteiger partial charge in [0.05, 0.1) is 6.04 Å². The number of benzene rings is 2. The highest BCUT2D eigenvalue weighted by Crippen LogP contribution is 2.38. The largest absolute Gasteiger partial charge is 0.508 e. The van der Waals surface area contributed by atoms with Gasteiger partial charge in [-0.3, -0.25) is 4.90 Å². The van der Waals surface area contributed by atoms with Crippen LogP contribution in [0, 0.1) is 0 Å². The lowest BCUT2D eigenvalue weighted by Crippen LogP contribution is -2.28. The summed E-state index contributed by atoms with van der Waals surface area (Å²) in [5, 5.41) is 14.0. The summed E-state index contributed by atoms with van der Waals surface area (Å²) in [4.78, 5) is 2.47. The Morgan fingerprint density at radius 3 is 2.72 bits per heavy atom. The molecule has 3 heterocycles. The Morgan fingerprint density at radius 1 is 0.966 bits per heavy atom. The Labute approximate surface area is 169 Å². The lowest BCUT2D eigenvalue weighted by atomic mass is 10.0. The van der Waals surface area contributed by atoms with E-state index in [9.17, 15) is 5.11 Å². The molecule has 6 heteroatoms. The summed E-state index contributed by atoms with van der Waals surface area (Å²) >= 11 is 0. The number of rotatable bonds is 4. The first-order chi connectivity index (χ1) is 14.3. The van der Waals surface area contributed by atoms with Gasteiger partial charge in [0.2, 0.25) is 6.79 Å². The van der Waals surface area contributed by atoms with Crippen LogP contribution in [0.3, 0.4) is 0 Å². The van der Waals surface area contributed by atoms with Gasteiger partial charge in [-0.15, -0.1) is 0 Å². The fourth-order valence-electron chi connectivity index (χ4n) is 4.16. The monoisotopic (exact) mass is 392 g/mol. The molecule has 0 saturated carbocycles. The van der Waals surface area contributed by atoms with E-state index in [1.807, 2.05) is 30.3 Å². The summed E-state index contributed by atoms with van der Waals surface area (Å²) in [6, 6.07) is 15.5. The number of aromatic nitrogens is 1. The predicted molar refractivity (Wildman–Crippen MR) is 108 cm³/mol. The van der Waals surface area contributed by atoms with Crippen molar-refractivity contribution in [2.24, 2.45) is 0 Å². The van der Waals surface area contributed by atoms with E-state index in [0.29, 0.717) is 5.75 Å². The third-order valence-corrected chi connectivity index (χ3v) is 5.71. The van der Waals surface area contributed by atoms with Gasteiger partial charge in [0.15, 0.2) is 17.3 Å². The summed E-state index contributed by atoms with van der Waals surface area (Å²) in [5.41, 5.74) is 3.10. The van der Waals surface area contributed by atoms with Gasteiger partial charge >= 0.3 is 0 Å². The highest BCUT2D eigenvalue weighted by atomic mass is 16.7. The molecule has 2 aromatic carbocycles. The maximum absolute atomic E-state index is 9.55. The highest BCUT2D eigenvalue weighted by molar-refractivity contribution is 5.63. The van der Waals surface area contributed by atoms with Crippen molar-refractivity contribution in [3.63, 3.8) is 0 Å². The summed E-state index contributed by atoms with van der Waals surface area (Å²) in [6.07, 6.45) is 4.66. The number of likely N-dealkylation sites (tertiary alicyclic amines) is 1. The Morgan fingerprint density at radius 2 is 1.83 bits per heavy atom. The van der Waals surface area contributed by atoms with Crippen LogP contribution in [0.15, 0.2) is 53.1 Å². The first kappa shape index (κ1) is 18.1. The fraction of sp³-hybridized carbons (Fsp3) is 0.348. The van der Waals surface area contributed by atoms with E-state index in [-0.39, 0.29) is 12.8 Å². The number of phenolic OH excluding ortho intramolecular Hbond substituents is 1. The smallest absolute Gasteiger partial charge is 0.231 e. The maximum Gasteiger partial charge on any atom is 0.231 e. The lowest BCUT2D eigenvalue weighted by molar-refractivity contribution is 0.174. The first-order valence-corrected chi connectivity index (χ1v) is 10.1. The second-order valence-electron chi connectivity index (χ2n) is 7.69. The minimum absolute atomic E-state index is 0.220. The third kappa shape index (κ3) is 3.80. The topological polar surface area (TPSA) is 68.0 Å². The molecular formula is C23H24N2O4. The summed E-state index contributed by atoms with van der Waals surface area (Å²) in [6.45, 7) is 2.11. The van der Waals surface area contributed by atoms with Crippen molar-refractivity contribution in [3.05, 3.63) is 59.8 Å². The Kier molecular flexibility index (Phi) is 4.86. The average molecular weight is 392 g/mol. The molecule has 1 N–H and O–H groups in total. The Bertz CT molecular complexity index is 983. The molecule has 2 aliphatic rings. The van der Waals surface area contributed by atoms with Crippen LogP contribution in [0.5, 0.6) is 17.2 Å². The van der Waals surface area contributed by atoms with E-state index < -0.39 is 0 Å². The predicted octanol–water partition coefficient (Wildman–Crippen LogP) is 4.89. The third-order valence-electron chi connectivity index (χ3n) is 5.71. The van der Waals surface area contributed by atoms with Crippen LogP contribution in [0.1, 0.15) is 43.0 Å². The van der Waals surface area contributed by atoms with Crippen LogP contribution in [-0.4, -0.2) is 28.5 Å². The van der Waals surface area contributed by atoms with Crippen LogP contribution >= 0.6 is 0 Å². The lowest BCUT2D eigenvalue weighted by Gasteiger charge is -2.28. The number of ether oxygens (including phenoxy) is 2. The van der Waals surface area contributed by atoms with Crippen molar-refractivity contribution in [1.29, 1.82) is 0 Å². The molecule has 6 nitrogen and oxygen atoms in total. The van der Waals surface area contributed by atoms with Gasteiger partial charge in [0, 0.05) is 18.2 Å². The van der Waals surface area contributed by atoms with E-state index in [2.05, 4.69) is 16.1 Å². The normalized spacial score (nSPS) is 19.2. The van der Waals surface area contributed by atoms with Crippen LogP contribution in [0.25, 0.3) is 11.3 Å². The van der Waals surface area contributed by atoms with Gasteiger partial charge in [-0.1, -0.05) is 30.1 Å². The zero-order chi connectivity index (χ0) is 19.6. The van der Waals surface area contributed by atoms with Gasteiger partial charge in [-0.05, 0) is 55.3 Å². The second kappa shape index (κ2) is 7.79.